The predicted octanol–water partition coefficient (Wildman–Crippen LogP) is 6.50. The van der Waals surface area contributed by atoms with Crippen LogP contribution in [0.3, 0.4) is 0 Å². The Hall–Kier alpha value is -4.58. The van der Waals surface area contributed by atoms with E-state index in [9.17, 15) is 19.8 Å². The number of nitrogens with one attached hydrogen (secondary N) is 2. The minimum absolute atomic E-state index is 0.0375. The number of aliphatic hydroxyl groups excluding tert-OH is 2. The van der Waals surface area contributed by atoms with E-state index >= 15 is 0 Å². The molecule has 6 N–H and O–H groups in total. The quantitative estimate of drug-likeness (QED) is 0.0707. The number of unbranched alkanes of at least 4 members (excludes halogenated alkanes) is 1. The van der Waals surface area contributed by atoms with Crippen molar-refractivity contribution < 1.29 is 29.3 Å². The van der Waals surface area contributed by atoms with E-state index < -0.39 is 12.4 Å². The second kappa shape index (κ2) is 17.9. The van der Waals surface area contributed by atoms with Crippen molar-refractivity contribution in [3.8, 4) is 0 Å². The number of para-hydroxylation sites is 2. The molecular weight excluding hydrogens is 632 g/mol. The van der Waals surface area contributed by atoms with Gasteiger partial charge < -0.3 is 36.1 Å². The molecule has 0 aliphatic carbocycles. The number of nitrogens with zero attached hydrogens (tertiary/aromatic N) is 1. The number of nitrogen functional groups attached to an aromatic ring is 1. The van der Waals surface area contributed by atoms with Crippen molar-refractivity contribution in [1.29, 1.82) is 0 Å². The van der Waals surface area contributed by atoms with Gasteiger partial charge in [-0.1, -0.05) is 78.9 Å². The SMILES string of the molecule is CC(C(O)c1ccccc1)N(C)CC1CC(c2ccc(CO)cc2)OC(c2cccc(NC(=O)CCCCC(=O)Nc3ccccc3N)c2)O1. The van der Waals surface area contributed by atoms with E-state index in [1.807, 2.05) is 105 Å². The molecule has 0 radical (unpaired) electrons. The number of amides is 2. The lowest BCUT2D eigenvalue weighted by Gasteiger charge is -2.39. The molecule has 10 heteroatoms. The van der Waals surface area contributed by atoms with Gasteiger partial charge in [-0.15, -0.1) is 0 Å². The Morgan fingerprint density at radius 1 is 0.860 bits per heavy atom. The summed E-state index contributed by atoms with van der Waals surface area (Å²) in [6.45, 7) is 2.52. The number of aliphatic hydroxyl groups is 2. The largest absolute Gasteiger partial charge is 0.397 e. The maximum absolute atomic E-state index is 12.8. The van der Waals surface area contributed by atoms with Gasteiger partial charge >= 0.3 is 0 Å². The van der Waals surface area contributed by atoms with Gasteiger partial charge in [0.1, 0.15) is 0 Å². The molecule has 1 aliphatic heterocycles. The molecular formula is C40H48N4O6. The molecule has 2 amide bonds. The number of carbonyl (C=O) groups excluding carboxylic acids is 2. The zero-order valence-electron chi connectivity index (χ0n) is 28.7. The molecule has 50 heavy (non-hydrogen) atoms. The second-order valence-corrected chi connectivity index (χ2v) is 12.9. The Balaban J connectivity index is 1.20. The van der Waals surface area contributed by atoms with E-state index in [-0.39, 0.29) is 49.5 Å². The van der Waals surface area contributed by atoms with Crippen LogP contribution in [0, 0.1) is 0 Å². The summed E-state index contributed by atoms with van der Waals surface area (Å²) in [5, 5.41) is 26.4. The van der Waals surface area contributed by atoms with Crippen LogP contribution in [0.25, 0.3) is 0 Å². The van der Waals surface area contributed by atoms with E-state index in [1.165, 1.54) is 0 Å². The highest BCUT2D eigenvalue weighted by Gasteiger charge is 2.34. The first kappa shape index (κ1) is 36.7. The number of hydrogen-bond donors (Lipinski definition) is 5. The number of carbonyl (C=O) groups is 2. The van der Waals surface area contributed by atoms with Crippen molar-refractivity contribution in [2.24, 2.45) is 0 Å². The van der Waals surface area contributed by atoms with Crippen molar-refractivity contribution in [1.82, 2.24) is 4.90 Å². The summed E-state index contributed by atoms with van der Waals surface area (Å²) >= 11 is 0. The summed E-state index contributed by atoms with van der Waals surface area (Å²) in [5.74, 6) is -0.287. The number of benzene rings is 4. The molecule has 0 bridgehead atoms. The lowest BCUT2D eigenvalue weighted by atomic mass is 9.98. The molecule has 1 heterocycles. The number of ether oxygens (including phenoxy) is 2. The third-order valence-corrected chi connectivity index (χ3v) is 9.13. The summed E-state index contributed by atoms with van der Waals surface area (Å²) in [5.41, 5.74) is 11.0. The topological polar surface area (TPSA) is 146 Å². The Kier molecular flexibility index (Phi) is 13.1. The van der Waals surface area contributed by atoms with E-state index in [0.717, 1.165) is 22.3 Å². The summed E-state index contributed by atoms with van der Waals surface area (Å²) in [6, 6.07) is 31.8. The van der Waals surface area contributed by atoms with Gasteiger partial charge in [0.15, 0.2) is 6.29 Å². The molecule has 0 aromatic heterocycles. The number of likely N-dealkylation sites (N-methyl/N-ethyl adjacent to an activating group) is 1. The predicted molar refractivity (Wildman–Crippen MR) is 195 cm³/mol. The van der Waals surface area contributed by atoms with E-state index in [0.29, 0.717) is 42.9 Å². The van der Waals surface area contributed by atoms with E-state index in [1.54, 1.807) is 12.1 Å². The van der Waals surface area contributed by atoms with Crippen LogP contribution in [-0.2, 0) is 25.7 Å². The zero-order chi connectivity index (χ0) is 35.5. The first-order valence-electron chi connectivity index (χ1n) is 17.2. The zero-order valence-corrected chi connectivity index (χ0v) is 28.7. The van der Waals surface area contributed by atoms with Gasteiger partial charge in [-0.05, 0) is 67.8 Å². The van der Waals surface area contributed by atoms with Crippen LogP contribution in [0.2, 0.25) is 0 Å². The van der Waals surface area contributed by atoms with Gasteiger partial charge in [0.05, 0.1) is 36.3 Å². The lowest BCUT2D eigenvalue weighted by Crippen LogP contribution is -2.43. The lowest BCUT2D eigenvalue weighted by molar-refractivity contribution is -0.253. The Morgan fingerprint density at radius 3 is 2.24 bits per heavy atom. The molecule has 264 valence electrons. The highest BCUT2D eigenvalue weighted by molar-refractivity contribution is 5.94. The van der Waals surface area contributed by atoms with Crippen molar-refractivity contribution >= 4 is 28.9 Å². The van der Waals surface area contributed by atoms with Crippen LogP contribution in [0.5, 0.6) is 0 Å². The van der Waals surface area contributed by atoms with Crippen LogP contribution in [0.4, 0.5) is 17.1 Å². The average Bonchev–Trinajstić information content (AvgIpc) is 3.14. The molecule has 4 aromatic rings. The maximum atomic E-state index is 12.8. The smallest absolute Gasteiger partial charge is 0.224 e. The number of hydrogen-bond acceptors (Lipinski definition) is 8. The van der Waals surface area contributed by atoms with Crippen LogP contribution in [0.15, 0.2) is 103 Å². The van der Waals surface area contributed by atoms with Crippen molar-refractivity contribution in [2.75, 3.05) is 30.0 Å². The molecule has 5 rings (SSSR count). The van der Waals surface area contributed by atoms with Crippen LogP contribution < -0.4 is 16.4 Å². The summed E-state index contributed by atoms with van der Waals surface area (Å²) in [6.07, 6.45) is 0.420. The van der Waals surface area contributed by atoms with Crippen LogP contribution >= 0.6 is 0 Å². The fraction of sp³-hybridized carbons (Fsp3) is 0.350. The average molecular weight is 681 g/mol. The Bertz CT molecular complexity index is 1690. The van der Waals surface area contributed by atoms with Gasteiger partial charge in [0, 0.05) is 43.1 Å². The van der Waals surface area contributed by atoms with Crippen LogP contribution in [-0.4, -0.2) is 52.7 Å². The molecule has 5 atom stereocenters. The Labute approximate surface area is 294 Å². The summed E-state index contributed by atoms with van der Waals surface area (Å²) in [4.78, 5) is 27.3. The normalized spacial score (nSPS) is 18.7. The molecule has 5 unspecified atom stereocenters. The Morgan fingerprint density at radius 2 is 1.54 bits per heavy atom. The maximum Gasteiger partial charge on any atom is 0.224 e. The van der Waals surface area contributed by atoms with Crippen molar-refractivity contribution in [2.45, 2.75) is 76.3 Å². The number of rotatable bonds is 15. The van der Waals surface area contributed by atoms with Gasteiger partial charge in [-0.25, -0.2) is 0 Å². The molecule has 0 spiro atoms. The molecule has 1 fully saturated rings. The van der Waals surface area contributed by atoms with Gasteiger partial charge in [0.25, 0.3) is 0 Å². The van der Waals surface area contributed by atoms with Crippen LogP contribution in [0.1, 0.15) is 79.8 Å². The van der Waals surface area contributed by atoms with Crippen molar-refractivity contribution in [3.05, 3.63) is 125 Å². The monoisotopic (exact) mass is 680 g/mol. The highest BCUT2D eigenvalue weighted by Crippen LogP contribution is 2.39. The first-order chi connectivity index (χ1) is 24.2. The second-order valence-electron chi connectivity index (χ2n) is 12.9. The third-order valence-electron chi connectivity index (χ3n) is 9.13. The fourth-order valence-electron chi connectivity index (χ4n) is 6.07. The molecule has 0 saturated carbocycles. The molecule has 4 aromatic carbocycles. The third kappa shape index (κ3) is 10.2. The van der Waals surface area contributed by atoms with Gasteiger partial charge in [-0.2, -0.15) is 0 Å². The summed E-state index contributed by atoms with van der Waals surface area (Å²) in [7, 11) is 1.98. The van der Waals surface area contributed by atoms with Gasteiger partial charge in [-0.3, -0.25) is 14.5 Å². The first-order valence-corrected chi connectivity index (χ1v) is 17.2. The van der Waals surface area contributed by atoms with Crippen molar-refractivity contribution in [3.63, 3.8) is 0 Å². The standard InChI is InChI=1S/C40H48N4O6/c1-27(39(48)30-11-4-3-5-12-30)44(2)25-33-24-36(29-21-19-28(26-45)20-22-29)50-40(49-33)31-13-10-14-32(23-31)42-37(46)17-8-9-18-38(47)43-35-16-7-6-15-34(35)41/h3-7,10-16,19-23,27,33,36,39-40,45,48H,8-9,17-18,24-26,41H2,1-2H3,(H,42,46)(H,43,47). The van der Waals surface area contributed by atoms with E-state index in [2.05, 4.69) is 15.5 Å². The van der Waals surface area contributed by atoms with Gasteiger partial charge in [0.2, 0.25) is 11.8 Å². The number of nitrogens with two attached hydrogens (primary N) is 1. The fourth-order valence-corrected chi connectivity index (χ4v) is 6.07. The number of anilines is 3. The molecule has 1 saturated heterocycles. The molecule has 1 aliphatic rings. The summed E-state index contributed by atoms with van der Waals surface area (Å²) < 4.78 is 13.1. The minimum atomic E-state index is -0.701. The molecule has 10 nitrogen and oxygen atoms in total. The van der Waals surface area contributed by atoms with E-state index in [4.69, 9.17) is 15.2 Å². The highest BCUT2D eigenvalue weighted by atomic mass is 16.7. The minimum Gasteiger partial charge on any atom is -0.397 e.